The second-order valence-corrected chi connectivity index (χ2v) is 8.35. The number of carbonyl (C=O) groups excluding carboxylic acids is 2. The van der Waals surface area contributed by atoms with E-state index in [0.29, 0.717) is 51.9 Å². The molecule has 1 heterocycles. The first kappa shape index (κ1) is 25.2. The molecule has 1 aromatic heterocycles. The average Bonchev–Trinajstić information content (AvgIpc) is 2.90. The number of methoxy groups -OCH3 is 2. The van der Waals surface area contributed by atoms with E-state index < -0.39 is 0 Å². The van der Waals surface area contributed by atoms with Crippen molar-refractivity contribution in [3.8, 4) is 11.5 Å². The number of ether oxygens (including phenoxy) is 2. The van der Waals surface area contributed by atoms with Gasteiger partial charge in [-0.05, 0) is 54.4 Å². The fourth-order valence-electron chi connectivity index (χ4n) is 3.68. The molecule has 0 radical (unpaired) electrons. The molecule has 0 atom stereocenters. The van der Waals surface area contributed by atoms with E-state index in [1.54, 1.807) is 48.8 Å². The third-order valence-electron chi connectivity index (χ3n) is 5.63. The molecule has 0 aliphatic carbocycles. The summed E-state index contributed by atoms with van der Waals surface area (Å²) in [7, 11) is 3.03. The maximum Gasteiger partial charge on any atom is 0.256 e. The van der Waals surface area contributed by atoms with Gasteiger partial charge < -0.3 is 25.8 Å². The number of aromatic nitrogens is 2. The molecule has 0 fully saturated rings. The Bertz CT molecular complexity index is 1410. The summed E-state index contributed by atoms with van der Waals surface area (Å²) in [5, 5.41) is 5.63. The molecule has 37 heavy (non-hydrogen) atoms. The molecule has 9 nitrogen and oxygen atoms in total. The minimum absolute atomic E-state index is 0.344. The first-order valence-electron chi connectivity index (χ1n) is 11.5. The Morgan fingerprint density at radius 2 is 1.51 bits per heavy atom. The van der Waals surface area contributed by atoms with Crippen LogP contribution in [0.25, 0.3) is 0 Å². The van der Waals surface area contributed by atoms with E-state index in [-0.39, 0.29) is 11.8 Å². The lowest BCUT2D eigenvalue weighted by molar-refractivity contribution is 0.101. The summed E-state index contributed by atoms with van der Waals surface area (Å²) in [5.74, 6) is 0.892. The van der Waals surface area contributed by atoms with Gasteiger partial charge in [-0.1, -0.05) is 18.2 Å². The van der Waals surface area contributed by atoms with Gasteiger partial charge in [0.2, 0.25) is 0 Å². The van der Waals surface area contributed by atoms with E-state index in [0.717, 1.165) is 11.1 Å². The third kappa shape index (κ3) is 6.40. The summed E-state index contributed by atoms with van der Waals surface area (Å²) in [4.78, 5) is 34.5. The van der Waals surface area contributed by atoms with Gasteiger partial charge in [0, 0.05) is 35.0 Å². The first-order chi connectivity index (χ1) is 17.8. The zero-order valence-corrected chi connectivity index (χ0v) is 20.7. The quantitative estimate of drug-likeness (QED) is 0.306. The lowest BCUT2D eigenvalue weighted by Crippen LogP contribution is -2.16. The Hall–Kier alpha value is -4.92. The van der Waals surface area contributed by atoms with Crippen LogP contribution in [-0.4, -0.2) is 36.0 Å². The van der Waals surface area contributed by atoms with Crippen molar-refractivity contribution in [3.05, 3.63) is 101 Å². The molecule has 9 heteroatoms. The molecule has 3 aromatic carbocycles. The summed E-state index contributed by atoms with van der Waals surface area (Å²) in [6, 6.07) is 17.5. The highest BCUT2D eigenvalue weighted by molar-refractivity contribution is 6.08. The van der Waals surface area contributed by atoms with Crippen LogP contribution < -0.4 is 25.8 Å². The van der Waals surface area contributed by atoms with E-state index >= 15 is 0 Å². The summed E-state index contributed by atoms with van der Waals surface area (Å²) < 4.78 is 10.5. The van der Waals surface area contributed by atoms with Gasteiger partial charge in [-0.2, -0.15) is 0 Å². The van der Waals surface area contributed by atoms with Crippen LogP contribution in [0.2, 0.25) is 0 Å². The molecule has 0 aliphatic heterocycles. The maximum absolute atomic E-state index is 13.0. The fraction of sp³-hybridized carbons (Fsp3) is 0.143. The van der Waals surface area contributed by atoms with Crippen molar-refractivity contribution in [2.75, 3.05) is 30.6 Å². The first-order valence-corrected chi connectivity index (χ1v) is 11.5. The van der Waals surface area contributed by atoms with Crippen LogP contribution in [-0.2, 0) is 6.42 Å². The molecule has 0 saturated carbocycles. The number of nitrogen functional groups attached to an aromatic ring is 1. The minimum atomic E-state index is -0.364. The van der Waals surface area contributed by atoms with Crippen LogP contribution >= 0.6 is 0 Å². The lowest BCUT2D eigenvalue weighted by Gasteiger charge is -2.12. The average molecular weight is 498 g/mol. The Kier molecular flexibility index (Phi) is 7.63. The number of hydrogen-bond donors (Lipinski definition) is 3. The minimum Gasteiger partial charge on any atom is -0.497 e. The van der Waals surface area contributed by atoms with Gasteiger partial charge in [0.25, 0.3) is 11.8 Å². The van der Waals surface area contributed by atoms with Crippen molar-refractivity contribution in [2.24, 2.45) is 0 Å². The predicted octanol–water partition coefficient (Wildman–Crippen LogP) is 4.48. The molecule has 188 valence electrons. The van der Waals surface area contributed by atoms with Crippen molar-refractivity contribution in [1.29, 1.82) is 0 Å². The van der Waals surface area contributed by atoms with Gasteiger partial charge >= 0.3 is 0 Å². The fourth-order valence-corrected chi connectivity index (χ4v) is 3.68. The Morgan fingerprint density at radius 3 is 2.16 bits per heavy atom. The Morgan fingerprint density at radius 1 is 0.838 bits per heavy atom. The molecule has 4 rings (SSSR count). The van der Waals surface area contributed by atoms with Crippen LogP contribution in [0.15, 0.2) is 73.1 Å². The number of rotatable bonds is 8. The number of nitrogens with one attached hydrogen (secondary N) is 2. The van der Waals surface area contributed by atoms with E-state index in [9.17, 15) is 9.59 Å². The molecule has 2 amide bonds. The zero-order chi connectivity index (χ0) is 26.4. The van der Waals surface area contributed by atoms with E-state index in [1.807, 2.05) is 31.2 Å². The standard InChI is InChI=1S/C28H27N5O4/c1-17-7-8-21(32-27(34)19-11-23(36-2)14-24(12-19)37-3)13-25(17)28(35)33-22-15-30-26(31-16-22)10-18-5-4-6-20(29)9-18/h4-9,11-16H,10,29H2,1-3H3,(H,32,34)(H,33,35). The number of benzene rings is 3. The second kappa shape index (κ2) is 11.2. The highest BCUT2D eigenvalue weighted by atomic mass is 16.5. The van der Waals surface area contributed by atoms with Crippen LogP contribution in [0.4, 0.5) is 17.1 Å². The van der Waals surface area contributed by atoms with Gasteiger partial charge in [0.05, 0.1) is 32.3 Å². The molecule has 4 aromatic rings. The van der Waals surface area contributed by atoms with Crippen LogP contribution in [0.5, 0.6) is 11.5 Å². The highest BCUT2D eigenvalue weighted by Crippen LogP contribution is 2.24. The smallest absolute Gasteiger partial charge is 0.256 e. The Labute approximate surface area is 214 Å². The summed E-state index contributed by atoms with van der Waals surface area (Å²) in [6.45, 7) is 1.82. The normalized spacial score (nSPS) is 10.5. The number of amides is 2. The van der Waals surface area contributed by atoms with Gasteiger partial charge in [0.15, 0.2) is 0 Å². The van der Waals surface area contributed by atoms with Crippen molar-refractivity contribution >= 4 is 28.9 Å². The van der Waals surface area contributed by atoms with Crippen molar-refractivity contribution in [3.63, 3.8) is 0 Å². The number of anilines is 3. The molecule has 0 saturated heterocycles. The third-order valence-corrected chi connectivity index (χ3v) is 5.63. The van der Waals surface area contributed by atoms with Crippen molar-refractivity contribution in [1.82, 2.24) is 9.97 Å². The predicted molar refractivity (Wildman–Crippen MR) is 142 cm³/mol. The highest BCUT2D eigenvalue weighted by Gasteiger charge is 2.14. The van der Waals surface area contributed by atoms with Crippen LogP contribution in [0, 0.1) is 6.92 Å². The summed E-state index contributed by atoms with van der Waals surface area (Å²) in [6.07, 6.45) is 3.65. The molecule has 0 unspecified atom stereocenters. The van der Waals surface area contributed by atoms with E-state index in [1.165, 1.54) is 14.2 Å². The molecule has 0 spiro atoms. The number of aryl methyl sites for hydroxylation is 1. The largest absolute Gasteiger partial charge is 0.497 e. The topological polar surface area (TPSA) is 128 Å². The zero-order valence-electron chi connectivity index (χ0n) is 20.7. The molecule has 0 bridgehead atoms. The van der Waals surface area contributed by atoms with Gasteiger partial charge in [-0.3, -0.25) is 9.59 Å². The van der Waals surface area contributed by atoms with Gasteiger partial charge in [-0.25, -0.2) is 9.97 Å². The summed E-state index contributed by atoms with van der Waals surface area (Å²) in [5.41, 5.74) is 9.95. The number of nitrogens with zero attached hydrogens (tertiary/aromatic N) is 2. The second-order valence-electron chi connectivity index (χ2n) is 8.35. The van der Waals surface area contributed by atoms with Crippen molar-refractivity contribution in [2.45, 2.75) is 13.3 Å². The van der Waals surface area contributed by atoms with Crippen molar-refractivity contribution < 1.29 is 19.1 Å². The van der Waals surface area contributed by atoms with E-state index in [4.69, 9.17) is 15.2 Å². The molecule has 0 aliphatic rings. The van der Waals surface area contributed by atoms with Crippen LogP contribution in [0.3, 0.4) is 0 Å². The number of carbonyl (C=O) groups is 2. The van der Waals surface area contributed by atoms with Gasteiger partial charge in [0.1, 0.15) is 17.3 Å². The monoisotopic (exact) mass is 497 g/mol. The van der Waals surface area contributed by atoms with E-state index in [2.05, 4.69) is 20.6 Å². The lowest BCUT2D eigenvalue weighted by atomic mass is 10.1. The van der Waals surface area contributed by atoms with Crippen LogP contribution in [0.1, 0.15) is 37.7 Å². The van der Waals surface area contributed by atoms with Gasteiger partial charge in [-0.15, -0.1) is 0 Å². The number of nitrogens with two attached hydrogens (primary N) is 1. The maximum atomic E-state index is 13.0. The number of hydrogen-bond acceptors (Lipinski definition) is 7. The molecule has 4 N–H and O–H groups in total. The molecular weight excluding hydrogens is 470 g/mol. The summed E-state index contributed by atoms with van der Waals surface area (Å²) >= 11 is 0. The SMILES string of the molecule is COc1cc(OC)cc(C(=O)Nc2ccc(C)c(C(=O)Nc3cnc(Cc4cccc(N)c4)nc3)c2)c1. The Balaban J connectivity index is 1.45. The molecular formula is C28H27N5O4.